The molecule has 4 rings (SSSR count). The smallest absolute Gasteiger partial charge is 0.305 e. The number of nitrogens with one attached hydrogen (secondary N) is 2. The van der Waals surface area contributed by atoms with Crippen molar-refractivity contribution in [2.45, 2.75) is 58.6 Å². The topological polar surface area (TPSA) is 126 Å². The molecule has 7 unspecified atom stereocenters. The van der Waals surface area contributed by atoms with Gasteiger partial charge in [0.2, 0.25) is 5.91 Å². The summed E-state index contributed by atoms with van der Waals surface area (Å²) in [7, 11) is 1.26. The fourth-order valence-electron chi connectivity index (χ4n) is 6.93. The average molecular weight is 561 g/mol. The number of aromatic nitrogens is 1. The Hall–Kier alpha value is -3.78. The van der Waals surface area contributed by atoms with Gasteiger partial charge in [0, 0.05) is 41.4 Å². The molecule has 1 aromatic heterocycles. The highest BCUT2D eigenvalue weighted by molar-refractivity contribution is 6.10. The third-order valence-electron chi connectivity index (χ3n) is 8.97. The molecular weight excluding hydrogens is 520 g/mol. The summed E-state index contributed by atoms with van der Waals surface area (Å²) in [5.41, 5.74) is 1.62. The van der Waals surface area contributed by atoms with Crippen LogP contribution in [-0.2, 0) is 30.3 Å². The Balaban J connectivity index is 1.76. The predicted octanol–water partition coefficient (Wildman–Crippen LogP) is 4.24. The molecule has 0 radical (unpaired) electrons. The Kier molecular flexibility index (Phi) is 9.12. The Morgan fingerprint density at radius 2 is 1.98 bits per heavy atom. The number of fused-ring (bicyclic) bond motifs is 2. The molecule has 1 saturated heterocycles. The lowest BCUT2D eigenvalue weighted by atomic mass is 9.51. The van der Waals surface area contributed by atoms with Crippen LogP contribution in [0.1, 0.15) is 45.6 Å². The van der Waals surface area contributed by atoms with E-state index in [0.29, 0.717) is 24.0 Å². The highest BCUT2D eigenvalue weighted by atomic mass is 16.5. The van der Waals surface area contributed by atoms with E-state index in [2.05, 4.69) is 16.9 Å². The number of aliphatic hydroxyl groups excluding tert-OH is 1. The van der Waals surface area contributed by atoms with E-state index in [0.717, 1.165) is 22.8 Å². The molecule has 8 heteroatoms. The maximum Gasteiger partial charge on any atom is 0.305 e. The summed E-state index contributed by atoms with van der Waals surface area (Å²) in [6.07, 6.45) is 7.80. The Bertz CT molecular complexity index is 1400. The quantitative estimate of drug-likeness (QED) is 0.124. The molecule has 0 spiro atoms. The van der Waals surface area contributed by atoms with Gasteiger partial charge in [-0.15, -0.1) is 0 Å². The predicted molar refractivity (Wildman–Crippen MR) is 157 cm³/mol. The first-order valence-electron chi connectivity index (χ1n) is 14.2. The Morgan fingerprint density at radius 3 is 2.68 bits per heavy atom. The van der Waals surface area contributed by atoms with Gasteiger partial charge in [-0.2, -0.15) is 0 Å². The van der Waals surface area contributed by atoms with Crippen LogP contribution in [0.25, 0.3) is 10.9 Å². The van der Waals surface area contributed by atoms with Crippen LogP contribution in [0.3, 0.4) is 0 Å². The number of benzene rings is 1. The number of rotatable bonds is 11. The van der Waals surface area contributed by atoms with Gasteiger partial charge in [-0.1, -0.05) is 56.9 Å². The largest absolute Gasteiger partial charge is 0.469 e. The van der Waals surface area contributed by atoms with Crippen LogP contribution in [-0.4, -0.2) is 53.3 Å². The van der Waals surface area contributed by atoms with E-state index < -0.39 is 41.3 Å². The number of hydrogen-bond acceptors (Lipinski definition) is 6. The zero-order valence-corrected chi connectivity index (χ0v) is 24.2. The summed E-state index contributed by atoms with van der Waals surface area (Å²) in [5, 5.41) is 15.7. The van der Waals surface area contributed by atoms with Crippen LogP contribution in [0.5, 0.6) is 0 Å². The molecular formula is C33H40N2O6. The van der Waals surface area contributed by atoms with Crippen molar-refractivity contribution in [2.24, 2.45) is 29.1 Å². The molecule has 218 valence electrons. The number of aromatic amines is 1. The van der Waals surface area contributed by atoms with Crippen LogP contribution in [0, 0.1) is 29.1 Å². The molecule has 1 aromatic carbocycles. The third kappa shape index (κ3) is 5.58. The van der Waals surface area contributed by atoms with Gasteiger partial charge in [0.25, 0.3) is 0 Å². The number of carbonyl (C=O) groups excluding carboxylic acids is 4. The minimum absolute atomic E-state index is 0.0353. The van der Waals surface area contributed by atoms with E-state index in [1.54, 1.807) is 13.0 Å². The van der Waals surface area contributed by atoms with Gasteiger partial charge < -0.3 is 20.1 Å². The fourth-order valence-corrected chi connectivity index (χ4v) is 6.93. The van der Waals surface area contributed by atoms with E-state index in [1.165, 1.54) is 7.11 Å². The molecule has 0 bridgehead atoms. The second-order valence-electron chi connectivity index (χ2n) is 11.5. The first-order valence-corrected chi connectivity index (χ1v) is 14.2. The van der Waals surface area contributed by atoms with Gasteiger partial charge >= 0.3 is 5.97 Å². The molecule has 2 aliphatic rings. The summed E-state index contributed by atoms with van der Waals surface area (Å²) in [6, 6.07) is 7.53. The van der Waals surface area contributed by atoms with Gasteiger partial charge in [-0.3, -0.25) is 19.2 Å². The summed E-state index contributed by atoms with van der Waals surface area (Å²) in [6.45, 7) is 9.82. The van der Waals surface area contributed by atoms with Crippen molar-refractivity contribution in [1.29, 1.82) is 0 Å². The summed E-state index contributed by atoms with van der Waals surface area (Å²) in [5.74, 6) is -3.01. The van der Waals surface area contributed by atoms with Gasteiger partial charge in [-0.05, 0) is 54.4 Å². The van der Waals surface area contributed by atoms with E-state index in [-0.39, 0.29) is 30.5 Å². The van der Waals surface area contributed by atoms with Gasteiger partial charge in [0.05, 0.1) is 19.6 Å². The van der Waals surface area contributed by atoms with Crippen molar-refractivity contribution in [1.82, 2.24) is 10.3 Å². The third-order valence-corrected chi connectivity index (χ3v) is 8.97. The maximum atomic E-state index is 14.2. The minimum atomic E-state index is -1.58. The fraction of sp³-hybridized carbons (Fsp3) is 0.455. The number of aliphatic hydroxyl groups is 1. The number of para-hydroxylation sites is 1. The number of H-pyrrole nitrogens is 1. The normalized spacial score (nSPS) is 28.9. The lowest BCUT2D eigenvalue weighted by Gasteiger charge is -2.49. The maximum absolute atomic E-state index is 14.2. The summed E-state index contributed by atoms with van der Waals surface area (Å²) < 4.78 is 4.77. The molecule has 1 aliphatic carbocycles. The number of allylic oxidation sites excluding steroid dienone is 3. The summed E-state index contributed by atoms with van der Waals surface area (Å²) in [4.78, 5) is 54.6. The number of esters is 1. The van der Waals surface area contributed by atoms with Crippen LogP contribution in [0.15, 0.2) is 66.4 Å². The van der Waals surface area contributed by atoms with Crippen molar-refractivity contribution in [2.75, 3.05) is 7.11 Å². The average Bonchev–Trinajstić information content (AvgIpc) is 3.50. The van der Waals surface area contributed by atoms with Gasteiger partial charge in [-0.25, -0.2) is 0 Å². The number of carbonyl (C=O) groups is 4. The zero-order valence-electron chi connectivity index (χ0n) is 24.2. The number of ether oxygens (including phenoxy) is 1. The first-order chi connectivity index (χ1) is 19.6. The van der Waals surface area contributed by atoms with Crippen LogP contribution >= 0.6 is 0 Å². The lowest BCUT2D eigenvalue weighted by molar-refractivity contribution is -0.153. The molecule has 1 amide bonds. The highest BCUT2D eigenvalue weighted by Gasteiger charge is 2.68. The molecule has 7 atom stereocenters. The first kappa shape index (κ1) is 30.2. The van der Waals surface area contributed by atoms with E-state index in [1.807, 2.05) is 56.5 Å². The molecule has 2 heterocycles. The lowest BCUT2D eigenvalue weighted by Crippen LogP contribution is -2.58. The second kappa shape index (κ2) is 12.4. The molecule has 41 heavy (non-hydrogen) atoms. The Labute approximate surface area is 240 Å². The molecule has 2 fully saturated rings. The standard InChI is InChI=1S/C33H40N2O6/c1-19(15-20(2)18-36)9-8-11-25-31(39)22(4)21(3)30-27(16-23-17-34-26-12-7-6-10-24(23)26)35-32(40)33(25,30)28(37)13-14-29(38)41-5/h6-8,10-12,15,17-19,21,25,27,30-31,34,39H,4,9,13-14,16H2,1-3,5H3,(H,35,40). The molecule has 1 saturated carbocycles. The highest BCUT2D eigenvalue weighted by Crippen LogP contribution is 2.57. The van der Waals surface area contributed by atoms with E-state index in [4.69, 9.17) is 4.74 Å². The van der Waals surface area contributed by atoms with Crippen molar-refractivity contribution in [3.63, 3.8) is 0 Å². The number of aldehydes is 1. The number of hydrogen-bond donors (Lipinski definition) is 3. The van der Waals surface area contributed by atoms with Gasteiger partial charge in [0.1, 0.15) is 17.5 Å². The minimum Gasteiger partial charge on any atom is -0.469 e. The zero-order chi connectivity index (χ0) is 29.9. The molecule has 3 N–H and O–H groups in total. The van der Waals surface area contributed by atoms with Crippen molar-refractivity contribution < 1.29 is 29.0 Å². The van der Waals surface area contributed by atoms with Gasteiger partial charge in [0.15, 0.2) is 0 Å². The number of amides is 1. The van der Waals surface area contributed by atoms with Crippen molar-refractivity contribution in [3.05, 3.63) is 72.0 Å². The monoisotopic (exact) mass is 560 g/mol. The Morgan fingerprint density at radius 1 is 1.24 bits per heavy atom. The molecule has 8 nitrogen and oxygen atoms in total. The molecule has 2 aromatic rings. The van der Waals surface area contributed by atoms with E-state index in [9.17, 15) is 24.3 Å². The number of ketones is 1. The van der Waals surface area contributed by atoms with E-state index >= 15 is 0 Å². The van der Waals surface area contributed by atoms with Crippen molar-refractivity contribution >= 4 is 34.8 Å². The van der Waals surface area contributed by atoms with Crippen LogP contribution < -0.4 is 5.32 Å². The molecule has 1 aliphatic heterocycles. The second-order valence-corrected chi connectivity index (χ2v) is 11.5. The van der Waals surface area contributed by atoms with Crippen LogP contribution in [0.4, 0.5) is 0 Å². The number of methoxy groups -OCH3 is 1. The summed E-state index contributed by atoms with van der Waals surface area (Å²) >= 11 is 0. The SMILES string of the molecule is C=C1C(C)C2C(Cc3c[nH]c4ccccc34)NC(=O)C2(C(=O)CCC(=O)OC)C(C=CCC(C)C=C(C)C=O)C1O. The van der Waals surface area contributed by atoms with Crippen LogP contribution in [0.2, 0.25) is 0 Å². The number of Topliss-reactive ketones (excluding diaryl/α,β-unsaturated/α-hetero) is 1. The van der Waals surface area contributed by atoms with Crippen molar-refractivity contribution in [3.8, 4) is 0 Å².